The number of aromatic nitrogens is 1. The largest absolute Gasteiger partial charge is 0.492 e. The molecule has 0 saturated carbocycles. The Hall–Kier alpha value is -2.65. The molecule has 1 N–H and O–H groups in total. The van der Waals surface area contributed by atoms with E-state index in [1.165, 1.54) is 0 Å². The van der Waals surface area contributed by atoms with Crippen LogP contribution in [0.4, 0.5) is 18.3 Å². The van der Waals surface area contributed by atoms with E-state index in [2.05, 4.69) is 10.1 Å². The van der Waals surface area contributed by atoms with E-state index in [1.807, 2.05) is 0 Å². The second-order valence-corrected chi connectivity index (χ2v) is 7.35. The van der Waals surface area contributed by atoms with E-state index in [9.17, 15) is 18.3 Å². The SMILES string of the molecule is O[C@@]1(C(F)(F)F)[C@@H]2COc3ccccc3C2=NN1c1nc2ccccc2s1. The maximum absolute atomic E-state index is 14.0. The Morgan fingerprint density at radius 2 is 1.89 bits per heavy atom. The van der Waals surface area contributed by atoms with Gasteiger partial charge in [0.2, 0.25) is 5.13 Å². The predicted molar refractivity (Wildman–Crippen MR) is 95.1 cm³/mol. The van der Waals surface area contributed by atoms with Crippen molar-refractivity contribution >= 4 is 32.4 Å². The zero-order chi connectivity index (χ0) is 18.8. The molecule has 0 aliphatic carbocycles. The number of benzene rings is 2. The lowest BCUT2D eigenvalue weighted by atomic mass is 9.86. The van der Waals surface area contributed by atoms with Crippen molar-refractivity contribution in [1.82, 2.24) is 4.98 Å². The summed E-state index contributed by atoms with van der Waals surface area (Å²) in [5.41, 5.74) is -2.09. The Balaban J connectivity index is 1.71. The molecule has 138 valence electrons. The predicted octanol–water partition coefficient (Wildman–Crippen LogP) is 3.78. The average Bonchev–Trinajstić information content (AvgIpc) is 3.21. The van der Waals surface area contributed by atoms with Crippen LogP contribution in [0.2, 0.25) is 0 Å². The van der Waals surface area contributed by atoms with Crippen molar-refractivity contribution < 1.29 is 23.0 Å². The third-order valence-corrected chi connectivity index (χ3v) is 5.81. The van der Waals surface area contributed by atoms with Crippen LogP contribution in [0.25, 0.3) is 10.2 Å². The van der Waals surface area contributed by atoms with E-state index in [1.54, 1.807) is 48.5 Å². The minimum atomic E-state index is -4.96. The summed E-state index contributed by atoms with van der Waals surface area (Å²) in [4.78, 5) is 4.25. The van der Waals surface area contributed by atoms with Gasteiger partial charge < -0.3 is 9.84 Å². The van der Waals surface area contributed by atoms with Crippen LogP contribution < -0.4 is 9.75 Å². The van der Waals surface area contributed by atoms with Crippen LogP contribution in [-0.4, -0.2) is 34.3 Å². The highest BCUT2D eigenvalue weighted by Crippen LogP contribution is 2.50. The van der Waals surface area contributed by atoms with E-state index in [0.29, 0.717) is 26.5 Å². The summed E-state index contributed by atoms with van der Waals surface area (Å²) in [6.07, 6.45) is -4.96. The molecule has 5 nitrogen and oxygen atoms in total. The van der Waals surface area contributed by atoms with Crippen molar-refractivity contribution in [2.24, 2.45) is 11.0 Å². The van der Waals surface area contributed by atoms with Gasteiger partial charge in [0.15, 0.2) is 0 Å². The van der Waals surface area contributed by atoms with Crippen LogP contribution in [-0.2, 0) is 0 Å². The first kappa shape index (κ1) is 16.5. The van der Waals surface area contributed by atoms with Crippen LogP contribution in [0.15, 0.2) is 53.6 Å². The molecule has 0 amide bonds. The molecule has 0 saturated heterocycles. The van der Waals surface area contributed by atoms with Gasteiger partial charge in [-0.05, 0) is 24.3 Å². The van der Waals surface area contributed by atoms with Gasteiger partial charge in [-0.2, -0.15) is 23.3 Å². The second-order valence-electron chi connectivity index (χ2n) is 6.34. The monoisotopic (exact) mass is 391 g/mol. The van der Waals surface area contributed by atoms with E-state index in [0.717, 1.165) is 11.3 Å². The van der Waals surface area contributed by atoms with Crippen molar-refractivity contribution in [3.05, 3.63) is 54.1 Å². The lowest BCUT2D eigenvalue weighted by Gasteiger charge is -2.38. The molecule has 1 aromatic heterocycles. The number of para-hydroxylation sites is 2. The first-order valence-corrected chi connectivity index (χ1v) is 8.97. The zero-order valence-electron chi connectivity index (χ0n) is 13.6. The highest BCUT2D eigenvalue weighted by Gasteiger charge is 2.69. The van der Waals surface area contributed by atoms with Gasteiger partial charge in [-0.3, -0.25) is 0 Å². The molecule has 9 heteroatoms. The standard InChI is InChI=1S/C18H12F3N3O2S/c19-18(20,21)17(25)11-9-26-13-7-3-1-5-10(13)15(11)23-24(17)16-22-12-6-2-4-8-14(12)27-16/h1-8,11,25H,9H2/t11-,17-/m1/s1. The molecular weight excluding hydrogens is 379 g/mol. The molecule has 2 aliphatic heterocycles. The van der Waals surface area contributed by atoms with Gasteiger partial charge in [-0.15, -0.1) is 0 Å². The molecule has 27 heavy (non-hydrogen) atoms. The molecule has 2 aromatic carbocycles. The molecule has 0 radical (unpaired) electrons. The number of fused-ring (bicyclic) bond motifs is 4. The maximum Gasteiger partial charge on any atom is 0.439 e. The molecule has 5 rings (SSSR count). The van der Waals surface area contributed by atoms with Gasteiger partial charge in [0.1, 0.15) is 12.4 Å². The fourth-order valence-electron chi connectivity index (χ4n) is 3.46. The number of rotatable bonds is 1. The smallest absolute Gasteiger partial charge is 0.439 e. The van der Waals surface area contributed by atoms with Crippen molar-refractivity contribution in [1.29, 1.82) is 0 Å². The summed E-state index contributed by atoms with van der Waals surface area (Å²) in [7, 11) is 0. The van der Waals surface area contributed by atoms with E-state index < -0.39 is 17.8 Å². The van der Waals surface area contributed by atoms with Crippen molar-refractivity contribution in [3.8, 4) is 5.75 Å². The number of ether oxygens (including phenoxy) is 1. The van der Waals surface area contributed by atoms with E-state index >= 15 is 0 Å². The molecule has 0 bridgehead atoms. The topological polar surface area (TPSA) is 58.0 Å². The molecule has 0 fully saturated rings. The molecule has 2 aliphatic rings. The van der Waals surface area contributed by atoms with Crippen molar-refractivity contribution in [3.63, 3.8) is 0 Å². The highest BCUT2D eigenvalue weighted by molar-refractivity contribution is 7.22. The molecule has 0 spiro atoms. The normalized spacial score (nSPS) is 24.4. The Morgan fingerprint density at radius 3 is 2.67 bits per heavy atom. The Morgan fingerprint density at radius 1 is 1.15 bits per heavy atom. The number of hydrogen-bond donors (Lipinski definition) is 1. The first-order valence-electron chi connectivity index (χ1n) is 8.15. The molecule has 0 unspecified atom stereocenters. The van der Waals surface area contributed by atoms with E-state index in [4.69, 9.17) is 4.74 Å². The lowest BCUT2D eigenvalue weighted by Crippen LogP contribution is -2.61. The molecule has 2 atom stereocenters. The van der Waals surface area contributed by atoms with Crippen molar-refractivity contribution in [2.45, 2.75) is 11.9 Å². The van der Waals surface area contributed by atoms with Crippen LogP contribution in [0.1, 0.15) is 5.56 Å². The Bertz CT molecular complexity index is 1050. The summed E-state index contributed by atoms with van der Waals surface area (Å²) >= 11 is 1.05. The van der Waals surface area contributed by atoms with Gasteiger partial charge in [0, 0.05) is 5.56 Å². The number of nitrogens with zero attached hydrogens (tertiary/aromatic N) is 3. The minimum absolute atomic E-state index is 0.0181. The zero-order valence-corrected chi connectivity index (χ0v) is 14.5. The van der Waals surface area contributed by atoms with Gasteiger partial charge >= 0.3 is 6.18 Å². The number of hydrogen-bond acceptors (Lipinski definition) is 6. The fraction of sp³-hybridized carbons (Fsp3) is 0.222. The fourth-order valence-corrected chi connectivity index (χ4v) is 4.43. The third-order valence-electron chi connectivity index (χ3n) is 4.80. The van der Waals surface area contributed by atoms with Gasteiger partial charge in [-0.1, -0.05) is 35.6 Å². The van der Waals surface area contributed by atoms with Crippen molar-refractivity contribution in [2.75, 3.05) is 11.6 Å². The quantitative estimate of drug-likeness (QED) is 0.686. The molecule has 3 heterocycles. The average molecular weight is 391 g/mol. The summed E-state index contributed by atoms with van der Waals surface area (Å²) in [5.74, 6) is -0.928. The van der Waals surface area contributed by atoms with Gasteiger partial charge in [0.05, 0.1) is 21.8 Å². The van der Waals surface area contributed by atoms with Crippen LogP contribution >= 0.6 is 11.3 Å². The first-order chi connectivity index (χ1) is 12.9. The highest BCUT2D eigenvalue weighted by atomic mass is 32.1. The summed E-state index contributed by atoms with van der Waals surface area (Å²) in [5, 5.41) is 15.6. The van der Waals surface area contributed by atoms with E-state index in [-0.39, 0.29) is 17.5 Å². The third kappa shape index (κ3) is 2.21. The second kappa shape index (κ2) is 5.43. The molecule has 3 aromatic rings. The lowest BCUT2D eigenvalue weighted by molar-refractivity contribution is -0.270. The minimum Gasteiger partial charge on any atom is -0.492 e. The number of halogens is 3. The molecular formula is C18H12F3N3O2S. The van der Waals surface area contributed by atoms with Gasteiger partial charge in [-0.25, -0.2) is 4.98 Å². The van der Waals surface area contributed by atoms with Crippen LogP contribution in [0.3, 0.4) is 0 Å². The maximum atomic E-state index is 14.0. The van der Waals surface area contributed by atoms with Crippen LogP contribution in [0.5, 0.6) is 5.75 Å². The number of thiazole rings is 1. The Kier molecular flexibility index (Phi) is 3.32. The van der Waals surface area contributed by atoms with Crippen LogP contribution in [0, 0.1) is 5.92 Å². The number of anilines is 1. The summed E-state index contributed by atoms with van der Waals surface area (Å²) in [6, 6.07) is 13.7. The summed E-state index contributed by atoms with van der Waals surface area (Å²) < 4.78 is 48.3. The summed E-state index contributed by atoms with van der Waals surface area (Å²) in [6.45, 7) is -0.326. The number of alkyl halides is 3. The number of hydrazone groups is 1. The van der Waals surface area contributed by atoms with Gasteiger partial charge in [0.25, 0.3) is 5.72 Å². The number of aliphatic hydroxyl groups is 1. The Labute approximate surface area is 155 Å².